The van der Waals surface area contributed by atoms with Crippen LogP contribution in [0.5, 0.6) is 0 Å². The average molecular weight is 302 g/mol. The van der Waals surface area contributed by atoms with Crippen LogP contribution < -0.4 is 11.5 Å². The predicted octanol–water partition coefficient (Wildman–Crippen LogP) is 0.747. The van der Waals surface area contributed by atoms with Crippen molar-refractivity contribution in [3.8, 4) is 0 Å². The second-order valence-corrected chi connectivity index (χ2v) is 5.26. The van der Waals surface area contributed by atoms with Crippen molar-refractivity contribution in [3.05, 3.63) is 41.6 Å². The Hall–Kier alpha value is -2.18. The molecule has 1 aromatic rings. The smallest absolute Gasteiger partial charge is 0.245 e. The number of rotatable bonds is 3. The van der Waals surface area contributed by atoms with Gasteiger partial charge in [-0.15, -0.1) is 0 Å². The van der Waals surface area contributed by atoms with Gasteiger partial charge in [-0.1, -0.05) is 25.1 Å². The van der Waals surface area contributed by atoms with Crippen molar-refractivity contribution in [2.45, 2.75) is 19.9 Å². The molecule has 6 nitrogen and oxygen atoms in total. The number of carbonyl (C=O) groups excluding carboxylic acids is 1. The Labute approximate surface area is 130 Å². The van der Waals surface area contributed by atoms with Gasteiger partial charge in [0.15, 0.2) is 0 Å². The highest BCUT2D eigenvalue weighted by Gasteiger charge is 2.39. The number of aliphatic imine (C=N–C) groups is 1. The first kappa shape index (κ1) is 16.2. The van der Waals surface area contributed by atoms with Gasteiger partial charge in [-0.05, 0) is 19.1 Å². The number of amides is 1. The summed E-state index contributed by atoms with van der Waals surface area (Å²) in [4.78, 5) is 18.5. The number of carbonyl (C=O) groups is 1. The molecule has 22 heavy (non-hydrogen) atoms. The number of benzene rings is 1. The molecule has 0 aliphatic carbocycles. The number of amidine groups is 1. The van der Waals surface area contributed by atoms with Crippen molar-refractivity contribution in [2.24, 2.45) is 22.4 Å². The van der Waals surface area contributed by atoms with E-state index in [1.54, 1.807) is 0 Å². The van der Waals surface area contributed by atoms with E-state index in [0.717, 1.165) is 5.69 Å². The minimum Gasteiger partial charge on any atom is -0.400 e. The lowest BCUT2D eigenvalue weighted by Crippen LogP contribution is -2.56. The molecule has 5 N–H and O–H groups in total. The highest BCUT2D eigenvalue weighted by atomic mass is 16.3. The molecule has 2 unspecified atom stereocenters. The quantitative estimate of drug-likeness (QED) is 0.766. The summed E-state index contributed by atoms with van der Waals surface area (Å²) in [5.41, 5.74) is 13.6. The van der Waals surface area contributed by atoms with Gasteiger partial charge in [0.25, 0.3) is 0 Å². The van der Waals surface area contributed by atoms with Crippen molar-refractivity contribution in [1.29, 1.82) is 0 Å². The van der Waals surface area contributed by atoms with Gasteiger partial charge in [-0.2, -0.15) is 0 Å². The molecule has 1 saturated heterocycles. The molecule has 0 spiro atoms. The first-order valence-corrected chi connectivity index (χ1v) is 7.31. The summed E-state index contributed by atoms with van der Waals surface area (Å²) in [7, 11) is 0. The molecular weight excluding hydrogens is 280 g/mol. The van der Waals surface area contributed by atoms with E-state index in [2.05, 4.69) is 4.99 Å². The third-order valence-electron chi connectivity index (χ3n) is 3.87. The van der Waals surface area contributed by atoms with Gasteiger partial charge < -0.3 is 16.6 Å². The fourth-order valence-electron chi connectivity index (χ4n) is 2.60. The summed E-state index contributed by atoms with van der Waals surface area (Å²) in [6.07, 6.45) is 0. The number of aliphatic hydroxyl groups is 1. The minimum absolute atomic E-state index is 0.181. The van der Waals surface area contributed by atoms with Crippen molar-refractivity contribution >= 4 is 17.4 Å². The number of para-hydroxylation sites is 1. The monoisotopic (exact) mass is 302 g/mol. The van der Waals surface area contributed by atoms with Crippen LogP contribution in [0.3, 0.4) is 0 Å². The number of aliphatic hydroxyl groups excluding tert-OH is 1. The molecule has 1 aromatic carbocycles. The van der Waals surface area contributed by atoms with Crippen LogP contribution >= 0.6 is 0 Å². The summed E-state index contributed by atoms with van der Waals surface area (Å²) in [5.74, 6) is -0.0106. The largest absolute Gasteiger partial charge is 0.400 e. The molecule has 0 bridgehead atoms. The zero-order valence-corrected chi connectivity index (χ0v) is 12.9. The lowest BCUT2D eigenvalue weighted by Gasteiger charge is -2.37. The maximum atomic E-state index is 12.4. The van der Waals surface area contributed by atoms with Crippen molar-refractivity contribution < 1.29 is 9.90 Å². The molecule has 1 aliphatic rings. The Morgan fingerprint density at radius 1 is 1.36 bits per heavy atom. The lowest BCUT2D eigenvalue weighted by molar-refractivity contribution is -0.130. The number of hydrogen-bond acceptors (Lipinski definition) is 5. The van der Waals surface area contributed by atoms with Gasteiger partial charge in [0.05, 0.1) is 18.3 Å². The van der Waals surface area contributed by atoms with Gasteiger partial charge >= 0.3 is 0 Å². The Morgan fingerprint density at radius 3 is 2.55 bits per heavy atom. The minimum atomic E-state index is -0.685. The Bertz CT molecular complexity index is 610. The summed E-state index contributed by atoms with van der Waals surface area (Å²) >= 11 is 0. The summed E-state index contributed by atoms with van der Waals surface area (Å²) < 4.78 is 0. The van der Waals surface area contributed by atoms with Crippen LogP contribution in [-0.2, 0) is 4.79 Å². The van der Waals surface area contributed by atoms with Gasteiger partial charge in [0.2, 0.25) is 5.91 Å². The SMILES string of the molecule is CCN1C(=O)C(N)C(C)/C(=C(/N)CO)C1=Nc1ccccc1. The van der Waals surface area contributed by atoms with E-state index in [1.165, 1.54) is 4.90 Å². The second-order valence-electron chi connectivity index (χ2n) is 5.26. The maximum absolute atomic E-state index is 12.4. The zero-order chi connectivity index (χ0) is 16.3. The van der Waals surface area contributed by atoms with Gasteiger partial charge in [0.1, 0.15) is 5.84 Å². The van der Waals surface area contributed by atoms with Crippen LogP contribution in [0.2, 0.25) is 0 Å². The highest BCUT2D eigenvalue weighted by molar-refractivity contribution is 6.13. The van der Waals surface area contributed by atoms with Crippen molar-refractivity contribution in [3.63, 3.8) is 0 Å². The van der Waals surface area contributed by atoms with E-state index in [1.807, 2.05) is 44.2 Å². The van der Waals surface area contributed by atoms with Crippen LogP contribution in [0.1, 0.15) is 13.8 Å². The lowest BCUT2D eigenvalue weighted by atomic mass is 9.86. The molecule has 118 valence electrons. The standard InChI is InChI=1S/C16H22N4O2/c1-3-20-15(19-11-7-5-4-6-8-11)13(12(17)9-21)10(2)14(18)16(20)22/h4-8,10,14,21H,3,9,17-18H2,1-2H3/b13-12-,19-15?. The Balaban J connectivity index is 2.61. The van der Waals surface area contributed by atoms with E-state index in [9.17, 15) is 9.90 Å². The molecule has 0 saturated carbocycles. The average Bonchev–Trinajstić information content (AvgIpc) is 2.54. The predicted molar refractivity (Wildman–Crippen MR) is 86.4 cm³/mol. The van der Waals surface area contributed by atoms with E-state index in [-0.39, 0.29) is 18.4 Å². The topological polar surface area (TPSA) is 105 Å². The fourth-order valence-corrected chi connectivity index (χ4v) is 2.60. The molecule has 0 radical (unpaired) electrons. The Morgan fingerprint density at radius 2 is 2.00 bits per heavy atom. The molecule has 1 aliphatic heterocycles. The molecular formula is C16H22N4O2. The molecule has 2 atom stereocenters. The first-order valence-electron chi connectivity index (χ1n) is 7.31. The summed E-state index contributed by atoms with van der Waals surface area (Å²) in [5, 5.41) is 9.42. The molecule has 0 aromatic heterocycles. The molecule has 1 fully saturated rings. The van der Waals surface area contributed by atoms with Gasteiger partial charge in [-0.3, -0.25) is 9.69 Å². The van der Waals surface area contributed by atoms with Gasteiger partial charge in [-0.25, -0.2) is 4.99 Å². The van der Waals surface area contributed by atoms with E-state index >= 15 is 0 Å². The normalized spacial score (nSPS) is 26.5. The van der Waals surface area contributed by atoms with Gasteiger partial charge in [0, 0.05) is 23.7 Å². The summed E-state index contributed by atoms with van der Waals surface area (Å²) in [6, 6.07) is 8.64. The third-order valence-corrected chi connectivity index (χ3v) is 3.87. The zero-order valence-electron chi connectivity index (χ0n) is 12.9. The third kappa shape index (κ3) is 2.88. The molecule has 1 amide bonds. The van der Waals surface area contributed by atoms with E-state index in [0.29, 0.717) is 23.7 Å². The molecule has 6 heteroatoms. The van der Waals surface area contributed by atoms with Crippen molar-refractivity contribution in [1.82, 2.24) is 4.90 Å². The molecule has 1 heterocycles. The second kappa shape index (κ2) is 6.72. The van der Waals surface area contributed by atoms with Crippen LogP contribution in [0.4, 0.5) is 5.69 Å². The van der Waals surface area contributed by atoms with Crippen LogP contribution in [0.15, 0.2) is 46.6 Å². The number of nitrogens with two attached hydrogens (primary N) is 2. The number of nitrogens with zero attached hydrogens (tertiary/aromatic N) is 2. The first-order chi connectivity index (χ1) is 10.5. The van der Waals surface area contributed by atoms with Crippen LogP contribution in [0, 0.1) is 5.92 Å². The highest BCUT2D eigenvalue weighted by Crippen LogP contribution is 2.28. The Kier molecular flexibility index (Phi) is 4.95. The van der Waals surface area contributed by atoms with Crippen LogP contribution in [-0.4, -0.2) is 40.9 Å². The van der Waals surface area contributed by atoms with E-state index < -0.39 is 6.04 Å². The number of likely N-dealkylation sites (N-methyl/N-ethyl adjacent to an activating group) is 1. The van der Waals surface area contributed by atoms with Crippen LogP contribution in [0.25, 0.3) is 0 Å². The van der Waals surface area contributed by atoms with Crippen molar-refractivity contribution in [2.75, 3.05) is 13.2 Å². The maximum Gasteiger partial charge on any atom is 0.245 e. The number of hydrogen-bond donors (Lipinski definition) is 3. The number of likely N-dealkylation sites (tertiary alicyclic amines) is 1. The van der Waals surface area contributed by atoms with E-state index in [4.69, 9.17) is 11.5 Å². The summed E-state index contributed by atoms with van der Waals surface area (Å²) in [6.45, 7) is 3.82. The molecule has 2 rings (SSSR count). The number of piperidine rings is 1. The fraction of sp³-hybridized carbons (Fsp3) is 0.375.